The van der Waals surface area contributed by atoms with Crippen LogP contribution in [0, 0.1) is 10.7 Å². The Bertz CT molecular complexity index is 641. The second-order valence-corrected chi connectivity index (χ2v) is 6.44. The van der Waals surface area contributed by atoms with E-state index >= 15 is 0 Å². The summed E-state index contributed by atoms with van der Waals surface area (Å²) in [5.74, 6) is 3.17. The van der Waals surface area contributed by atoms with E-state index in [0.29, 0.717) is 18.6 Å². The SMILES string of the molecule is CCOC(C#C[Se]c1ccccc1)CC(=O)c1ccccc1. The molecule has 2 aromatic rings. The van der Waals surface area contributed by atoms with Gasteiger partial charge in [0.2, 0.25) is 0 Å². The monoisotopic (exact) mass is 358 g/mol. The molecule has 0 radical (unpaired) electrons. The minimum atomic E-state index is -0.330. The Labute approximate surface area is 138 Å². The standard InChI is InChI=1S/C19H18O2Se/c1-2-21-17(13-14-22-18-11-7-4-8-12-18)15-19(20)16-9-5-3-6-10-16/h3-12,17H,2,15H2,1H3. The zero-order valence-electron chi connectivity index (χ0n) is 12.5. The van der Waals surface area contributed by atoms with Crippen LogP contribution in [-0.4, -0.2) is 33.5 Å². The molecular weight excluding hydrogens is 339 g/mol. The Morgan fingerprint density at radius 1 is 1.09 bits per heavy atom. The topological polar surface area (TPSA) is 26.3 Å². The first kappa shape index (κ1) is 16.5. The summed E-state index contributed by atoms with van der Waals surface area (Å²) >= 11 is 0.0897. The molecule has 2 nitrogen and oxygen atoms in total. The van der Waals surface area contributed by atoms with Crippen molar-refractivity contribution in [3.05, 3.63) is 66.2 Å². The number of benzene rings is 2. The first-order valence-electron chi connectivity index (χ1n) is 7.22. The van der Waals surface area contributed by atoms with E-state index in [1.807, 2.05) is 55.5 Å². The quantitative estimate of drug-likeness (QED) is 0.451. The molecule has 0 aliphatic carbocycles. The normalized spacial score (nSPS) is 11.3. The minimum absolute atomic E-state index is 0.0700. The van der Waals surface area contributed by atoms with Crippen molar-refractivity contribution in [2.24, 2.45) is 0 Å². The van der Waals surface area contributed by atoms with E-state index in [1.54, 1.807) is 0 Å². The summed E-state index contributed by atoms with van der Waals surface area (Å²) in [6, 6.07) is 19.4. The average molecular weight is 357 g/mol. The van der Waals surface area contributed by atoms with Crippen LogP contribution in [0.15, 0.2) is 60.7 Å². The number of carbonyl (C=O) groups excluding carboxylic acids is 1. The zero-order valence-corrected chi connectivity index (χ0v) is 14.2. The van der Waals surface area contributed by atoms with Gasteiger partial charge in [-0.2, -0.15) is 0 Å². The van der Waals surface area contributed by atoms with Crippen molar-refractivity contribution in [1.82, 2.24) is 0 Å². The first-order chi connectivity index (χ1) is 10.8. The molecule has 1 atom stereocenters. The van der Waals surface area contributed by atoms with Gasteiger partial charge in [0.25, 0.3) is 0 Å². The second-order valence-electron chi connectivity index (χ2n) is 4.60. The van der Waals surface area contributed by atoms with Crippen molar-refractivity contribution in [2.75, 3.05) is 6.61 Å². The molecule has 0 amide bonds. The molecule has 2 aromatic carbocycles. The molecule has 3 heteroatoms. The van der Waals surface area contributed by atoms with Gasteiger partial charge in [-0.3, -0.25) is 0 Å². The number of rotatable bonds is 6. The average Bonchev–Trinajstić information content (AvgIpc) is 2.57. The van der Waals surface area contributed by atoms with Crippen LogP contribution in [0.25, 0.3) is 0 Å². The van der Waals surface area contributed by atoms with Gasteiger partial charge in [-0.1, -0.05) is 0 Å². The van der Waals surface area contributed by atoms with Crippen LogP contribution in [0.4, 0.5) is 0 Å². The zero-order chi connectivity index (χ0) is 15.6. The maximum absolute atomic E-state index is 12.2. The third-order valence-electron chi connectivity index (χ3n) is 2.97. The molecule has 0 aliphatic heterocycles. The number of hydrogen-bond donors (Lipinski definition) is 0. The van der Waals surface area contributed by atoms with Crippen LogP contribution in [0.2, 0.25) is 0 Å². The number of ketones is 1. The van der Waals surface area contributed by atoms with E-state index in [1.165, 1.54) is 4.46 Å². The Morgan fingerprint density at radius 2 is 1.73 bits per heavy atom. The third-order valence-corrected chi connectivity index (χ3v) is 4.49. The molecule has 1 unspecified atom stereocenters. The Hall–Kier alpha value is -1.85. The summed E-state index contributed by atoms with van der Waals surface area (Å²) in [6.45, 7) is 2.48. The van der Waals surface area contributed by atoms with E-state index < -0.39 is 0 Å². The van der Waals surface area contributed by atoms with Gasteiger partial charge < -0.3 is 0 Å². The van der Waals surface area contributed by atoms with Gasteiger partial charge in [-0.15, -0.1) is 0 Å². The maximum atomic E-state index is 12.2. The Balaban J connectivity index is 1.97. The van der Waals surface area contributed by atoms with Gasteiger partial charge in [0, 0.05) is 0 Å². The van der Waals surface area contributed by atoms with Crippen LogP contribution < -0.4 is 4.46 Å². The number of Topliss-reactive ketones (excluding diaryl/α,β-unsaturated/α-hetero) is 1. The van der Waals surface area contributed by atoms with Crippen molar-refractivity contribution in [1.29, 1.82) is 0 Å². The molecule has 22 heavy (non-hydrogen) atoms. The fraction of sp³-hybridized carbons (Fsp3) is 0.211. The Morgan fingerprint density at radius 3 is 2.36 bits per heavy atom. The van der Waals surface area contributed by atoms with Gasteiger partial charge in [0.1, 0.15) is 0 Å². The van der Waals surface area contributed by atoms with Gasteiger partial charge in [-0.25, -0.2) is 0 Å². The van der Waals surface area contributed by atoms with E-state index in [4.69, 9.17) is 4.74 Å². The third kappa shape index (κ3) is 5.50. The predicted molar refractivity (Wildman–Crippen MR) is 90.4 cm³/mol. The van der Waals surface area contributed by atoms with Crippen molar-refractivity contribution in [3.8, 4) is 10.7 Å². The Kier molecular flexibility index (Phi) is 6.93. The molecule has 2 rings (SSSR count). The van der Waals surface area contributed by atoms with Crippen LogP contribution >= 0.6 is 0 Å². The van der Waals surface area contributed by atoms with Crippen LogP contribution in [0.1, 0.15) is 23.7 Å². The molecule has 0 heterocycles. The van der Waals surface area contributed by atoms with Crippen molar-refractivity contribution >= 4 is 25.2 Å². The van der Waals surface area contributed by atoms with E-state index in [0.717, 1.165) is 0 Å². The van der Waals surface area contributed by atoms with Crippen LogP contribution in [0.3, 0.4) is 0 Å². The molecule has 112 valence electrons. The van der Waals surface area contributed by atoms with E-state index in [-0.39, 0.29) is 26.8 Å². The molecule has 0 N–H and O–H groups in total. The molecule has 0 fully saturated rings. The molecule has 0 saturated carbocycles. The van der Waals surface area contributed by atoms with Crippen LogP contribution in [0.5, 0.6) is 0 Å². The van der Waals surface area contributed by atoms with E-state index in [9.17, 15) is 4.79 Å². The predicted octanol–water partition coefficient (Wildman–Crippen LogP) is 2.66. The van der Waals surface area contributed by atoms with E-state index in [2.05, 4.69) is 22.9 Å². The summed E-state index contributed by atoms with van der Waals surface area (Å²) in [5.41, 5.74) is 0.711. The van der Waals surface area contributed by atoms with Crippen molar-refractivity contribution in [3.63, 3.8) is 0 Å². The van der Waals surface area contributed by atoms with Gasteiger partial charge >= 0.3 is 138 Å². The van der Waals surface area contributed by atoms with Gasteiger partial charge in [-0.05, 0) is 0 Å². The van der Waals surface area contributed by atoms with Crippen LogP contribution in [-0.2, 0) is 4.74 Å². The molecule has 0 bridgehead atoms. The molecule has 0 spiro atoms. The molecule has 0 aromatic heterocycles. The summed E-state index contributed by atoms with van der Waals surface area (Å²) in [4.78, 5) is 15.4. The molecular formula is C19H18O2Se. The van der Waals surface area contributed by atoms with Crippen molar-refractivity contribution < 1.29 is 9.53 Å². The number of carbonyl (C=O) groups is 1. The second kappa shape index (κ2) is 9.22. The van der Waals surface area contributed by atoms with Gasteiger partial charge in [0.15, 0.2) is 0 Å². The number of ether oxygens (including phenoxy) is 1. The fourth-order valence-electron chi connectivity index (χ4n) is 1.91. The summed E-state index contributed by atoms with van der Waals surface area (Å²) in [5, 5.41) is 0. The van der Waals surface area contributed by atoms with Crippen molar-refractivity contribution in [2.45, 2.75) is 19.4 Å². The molecule has 0 aliphatic rings. The first-order valence-corrected chi connectivity index (χ1v) is 8.93. The molecule has 0 saturated heterocycles. The summed E-state index contributed by atoms with van der Waals surface area (Å²) in [7, 11) is 0. The van der Waals surface area contributed by atoms with Gasteiger partial charge in [0.05, 0.1) is 0 Å². The summed E-state index contributed by atoms with van der Waals surface area (Å²) < 4.78 is 6.82. The fourth-order valence-corrected chi connectivity index (χ4v) is 3.17. The summed E-state index contributed by atoms with van der Waals surface area (Å²) in [6.07, 6.45) is -0.0290. The number of hydrogen-bond acceptors (Lipinski definition) is 2.